The van der Waals surface area contributed by atoms with Gasteiger partial charge in [0.25, 0.3) is 0 Å². The van der Waals surface area contributed by atoms with E-state index in [4.69, 9.17) is 9.73 Å². The molecule has 1 aromatic heterocycles. The smallest absolute Gasteiger partial charge is 0.205 e. The van der Waals surface area contributed by atoms with Gasteiger partial charge >= 0.3 is 0 Å². The highest BCUT2D eigenvalue weighted by molar-refractivity contribution is 7.09. The lowest BCUT2D eigenvalue weighted by Gasteiger charge is -2.36. The van der Waals surface area contributed by atoms with Gasteiger partial charge < -0.3 is 19.9 Å². The van der Waals surface area contributed by atoms with Crippen LogP contribution in [0.5, 0.6) is 0 Å². The Morgan fingerprint density at radius 2 is 2.00 bits per heavy atom. The summed E-state index contributed by atoms with van der Waals surface area (Å²) < 4.78 is 10.4. The molecule has 1 aromatic rings. The summed E-state index contributed by atoms with van der Waals surface area (Å²) in [4.78, 5) is 14.1. The van der Waals surface area contributed by atoms with Crippen molar-refractivity contribution in [1.82, 2.24) is 19.6 Å². The van der Waals surface area contributed by atoms with Gasteiger partial charge in [0.05, 0.1) is 6.10 Å². The minimum absolute atomic E-state index is 0.504. The van der Waals surface area contributed by atoms with Crippen molar-refractivity contribution in [2.45, 2.75) is 58.5 Å². The number of aromatic nitrogens is 2. The molecule has 8 heteroatoms. The van der Waals surface area contributed by atoms with Crippen molar-refractivity contribution in [1.29, 1.82) is 0 Å². The van der Waals surface area contributed by atoms with E-state index in [2.05, 4.69) is 38.3 Å². The summed E-state index contributed by atoms with van der Waals surface area (Å²) in [6.45, 7) is 10.6. The maximum absolute atomic E-state index is 5.94. The predicted octanol–water partition coefficient (Wildman–Crippen LogP) is 2.54. The Morgan fingerprint density at radius 1 is 1.22 bits per heavy atom. The lowest BCUT2D eigenvalue weighted by molar-refractivity contribution is 0.0579. The number of rotatable bonds is 8. The monoisotopic (exact) mass is 394 g/mol. The van der Waals surface area contributed by atoms with E-state index in [0.29, 0.717) is 6.10 Å². The number of aliphatic imine (C=N–C) groups is 1. The van der Waals surface area contributed by atoms with Crippen molar-refractivity contribution in [3.8, 4) is 0 Å². The van der Waals surface area contributed by atoms with E-state index < -0.39 is 0 Å². The molecule has 0 bridgehead atoms. The maximum Gasteiger partial charge on any atom is 0.205 e. The molecular formula is C19H34N6OS. The Hall–Kier alpha value is -1.41. The van der Waals surface area contributed by atoms with Crippen LogP contribution in [0, 0.1) is 0 Å². The maximum atomic E-state index is 5.94. The van der Waals surface area contributed by atoms with Crippen LogP contribution in [0.4, 0.5) is 5.13 Å². The first kappa shape index (κ1) is 20.3. The molecule has 0 spiro atoms. The third-order valence-electron chi connectivity index (χ3n) is 5.18. The minimum Gasteiger partial charge on any atom is -0.378 e. The first-order valence-electron chi connectivity index (χ1n) is 10.5. The van der Waals surface area contributed by atoms with E-state index >= 15 is 0 Å². The quantitative estimate of drug-likeness (QED) is 0.415. The fourth-order valence-corrected chi connectivity index (χ4v) is 4.41. The molecule has 0 amide bonds. The second-order valence-corrected chi connectivity index (χ2v) is 7.92. The largest absolute Gasteiger partial charge is 0.378 e. The summed E-state index contributed by atoms with van der Waals surface area (Å²) in [5.74, 6) is 1.98. The molecule has 0 radical (unpaired) electrons. The molecule has 1 saturated heterocycles. The standard InChI is InChI=1S/C19H34N6OS/c1-3-17-22-19(27-23-17)25-13-11-24(12-14-25)18(20-4-2)21-10-7-15-26-16-8-5-6-9-16/h16H,3-15H2,1-2H3,(H,20,21). The molecular weight excluding hydrogens is 360 g/mol. The zero-order chi connectivity index (χ0) is 18.9. The molecule has 2 heterocycles. The highest BCUT2D eigenvalue weighted by atomic mass is 32.1. The Balaban J connectivity index is 1.42. The zero-order valence-electron chi connectivity index (χ0n) is 16.8. The Kier molecular flexibility index (Phi) is 8.13. The van der Waals surface area contributed by atoms with Gasteiger partial charge in [0.2, 0.25) is 5.13 Å². The molecule has 2 aliphatic rings. The van der Waals surface area contributed by atoms with Gasteiger partial charge in [0, 0.05) is 63.8 Å². The molecule has 1 N–H and O–H groups in total. The summed E-state index contributed by atoms with van der Waals surface area (Å²) in [5.41, 5.74) is 0. The third kappa shape index (κ3) is 6.04. The van der Waals surface area contributed by atoms with Gasteiger partial charge in [0.15, 0.2) is 5.96 Å². The van der Waals surface area contributed by atoms with Gasteiger partial charge in [-0.1, -0.05) is 19.8 Å². The van der Waals surface area contributed by atoms with Crippen LogP contribution in [0.15, 0.2) is 4.99 Å². The zero-order valence-corrected chi connectivity index (χ0v) is 17.6. The number of ether oxygens (including phenoxy) is 1. The second kappa shape index (κ2) is 10.8. The molecule has 3 rings (SSSR count). The van der Waals surface area contributed by atoms with E-state index in [0.717, 1.165) is 75.6 Å². The average molecular weight is 395 g/mol. The number of hydrogen-bond donors (Lipinski definition) is 1. The summed E-state index contributed by atoms with van der Waals surface area (Å²) in [6, 6.07) is 0. The number of aryl methyl sites for hydroxylation is 1. The van der Waals surface area contributed by atoms with Gasteiger partial charge in [-0.15, -0.1) is 0 Å². The van der Waals surface area contributed by atoms with Crippen molar-refractivity contribution in [2.24, 2.45) is 4.99 Å². The van der Waals surface area contributed by atoms with E-state index in [9.17, 15) is 0 Å². The van der Waals surface area contributed by atoms with Crippen molar-refractivity contribution in [2.75, 3.05) is 50.8 Å². The first-order valence-corrected chi connectivity index (χ1v) is 11.3. The molecule has 0 aromatic carbocycles. The fraction of sp³-hybridized carbons (Fsp3) is 0.842. The molecule has 1 saturated carbocycles. The van der Waals surface area contributed by atoms with Crippen molar-refractivity contribution in [3.05, 3.63) is 5.82 Å². The van der Waals surface area contributed by atoms with Crippen LogP contribution in [-0.4, -0.2) is 72.2 Å². The van der Waals surface area contributed by atoms with Crippen LogP contribution in [-0.2, 0) is 11.2 Å². The lowest BCUT2D eigenvalue weighted by Crippen LogP contribution is -2.52. The van der Waals surface area contributed by atoms with E-state index in [1.54, 1.807) is 0 Å². The minimum atomic E-state index is 0.504. The molecule has 0 atom stereocenters. The SMILES string of the molecule is CCNC(=NCCCOC1CCCC1)N1CCN(c2nc(CC)ns2)CC1. The van der Waals surface area contributed by atoms with Crippen LogP contribution < -0.4 is 10.2 Å². The predicted molar refractivity (Wildman–Crippen MR) is 112 cm³/mol. The van der Waals surface area contributed by atoms with E-state index in [1.165, 1.54) is 37.2 Å². The van der Waals surface area contributed by atoms with Crippen LogP contribution in [0.3, 0.4) is 0 Å². The molecule has 7 nitrogen and oxygen atoms in total. The molecule has 27 heavy (non-hydrogen) atoms. The summed E-state index contributed by atoms with van der Waals surface area (Å²) in [5, 5.41) is 4.50. The number of anilines is 1. The summed E-state index contributed by atoms with van der Waals surface area (Å²) >= 11 is 1.52. The Morgan fingerprint density at radius 3 is 2.67 bits per heavy atom. The average Bonchev–Trinajstić information content (AvgIpc) is 3.39. The van der Waals surface area contributed by atoms with Crippen molar-refractivity contribution >= 4 is 22.6 Å². The molecule has 152 valence electrons. The fourth-order valence-electron chi connectivity index (χ4n) is 3.61. The summed E-state index contributed by atoms with van der Waals surface area (Å²) in [7, 11) is 0. The second-order valence-electron chi connectivity index (χ2n) is 7.19. The molecule has 1 aliphatic carbocycles. The number of nitrogens with zero attached hydrogens (tertiary/aromatic N) is 5. The highest BCUT2D eigenvalue weighted by Crippen LogP contribution is 2.21. The van der Waals surface area contributed by atoms with E-state index in [1.807, 2.05) is 0 Å². The normalized spacial score (nSPS) is 19.1. The molecule has 1 aliphatic heterocycles. The van der Waals surface area contributed by atoms with Crippen molar-refractivity contribution < 1.29 is 4.74 Å². The molecule has 2 fully saturated rings. The topological polar surface area (TPSA) is 65.9 Å². The van der Waals surface area contributed by atoms with Gasteiger partial charge in [-0.3, -0.25) is 4.99 Å². The van der Waals surface area contributed by atoms with Gasteiger partial charge in [-0.05, 0) is 26.2 Å². The lowest BCUT2D eigenvalue weighted by atomic mass is 10.3. The van der Waals surface area contributed by atoms with Gasteiger partial charge in [-0.2, -0.15) is 4.37 Å². The first-order chi connectivity index (χ1) is 13.3. The van der Waals surface area contributed by atoms with Crippen molar-refractivity contribution in [3.63, 3.8) is 0 Å². The van der Waals surface area contributed by atoms with Crippen LogP contribution in [0.2, 0.25) is 0 Å². The van der Waals surface area contributed by atoms with Crippen LogP contribution in [0.25, 0.3) is 0 Å². The van der Waals surface area contributed by atoms with Gasteiger partial charge in [-0.25, -0.2) is 4.98 Å². The number of guanidine groups is 1. The van der Waals surface area contributed by atoms with Gasteiger partial charge in [0.1, 0.15) is 5.82 Å². The Bertz CT molecular complexity index is 579. The highest BCUT2D eigenvalue weighted by Gasteiger charge is 2.22. The third-order valence-corrected chi connectivity index (χ3v) is 5.99. The number of hydrogen-bond acceptors (Lipinski definition) is 6. The summed E-state index contributed by atoms with van der Waals surface area (Å²) in [6.07, 6.45) is 7.54. The number of piperazine rings is 1. The number of nitrogens with one attached hydrogen (secondary N) is 1. The van der Waals surface area contributed by atoms with E-state index in [-0.39, 0.29) is 0 Å². The molecule has 0 unspecified atom stereocenters. The van der Waals surface area contributed by atoms with Crippen LogP contribution in [0.1, 0.15) is 51.8 Å². The van der Waals surface area contributed by atoms with Crippen LogP contribution >= 0.6 is 11.5 Å². The Labute approximate surface area is 167 Å².